The SMILES string of the molecule is CCC(C)c1ccccc1OC1C(C)CC(C)CC1NC. The van der Waals surface area contributed by atoms with Gasteiger partial charge in [0.15, 0.2) is 0 Å². The number of nitrogens with one attached hydrogen (secondary N) is 1. The van der Waals surface area contributed by atoms with Crippen molar-refractivity contribution in [1.29, 1.82) is 0 Å². The van der Waals surface area contributed by atoms with Crippen molar-refractivity contribution in [3.05, 3.63) is 29.8 Å². The highest BCUT2D eigenvalue weighted by molar-refractivity contribution is 5.36. The molecule has 1 aromatic rings. The molecule has 1 fully saturated rings. The van der Waals surface area contributed by atoms with E-state index < -0.39 is 0 Å². The van der Waals surface area contributed by atoms with Crippen LogP contribution in [0.3, 0.4) is 0 Å². The molecule has 5 unspecified atom stereocenters. The Morgan fingerprint density at radius 2 is 1.95 bits per heavy atom. The van der Waals surface area contributed by atoms with Crippen molar-refractivity contribution in [3.63, 3.8) is 0 Å². The maximum Gasteiger partial charge on any atom is 0.123 e. The number of rotatable bonds is 5. The van der Waals surface area contributed by atoms with E-state index in [9.17, 15) is 0 Å². The van der Waals surface area contributed by atoms with Crippen molar-refractivity contribution in [3.8, 4) is 5.75 Å². The summed E-state index contributed by atoms with van der Waals surface area (Å²) in [4.78, 5) is 0. The third kappa shape index (κ3) is 3.79. The molecule has 0 bridgehead atoms. The Bertz CT molecular complexity index is 445. The van der Waals surface area contributed by atoms with Gasteiger partial charge in [-0.1, -0.05) is 45.9 Å². The predicted molar refractivity (Wildman–Crippen MR) is 90.0 cm³/mol. The predicted octanol–water partition coefficient (Wildman–Crippen LogP) is 4.60. The lowest BCUT2D eigenvalue weighted by molar-refractivity contribution is 0.0497. The Kier molecular flexibility index (Phi) is 5.69. The number of hydrogen-bond donors (Lipinski definition) is 1. The Balaban J connectivity index is 2.20. The second-order valence-electron chi connectivity index (χ2n) is 6.88. The summed E-state index contributed by atoms with van der Waals surface area (Å²) in [5, 5.41) is 3.47. The summed E-state index contributed by atoms with van der Waals surface area (Å²) in [7, 11) is 2.06. The van der Waals surface area contributed by atoms with Crippen LogP contribution in [-0.2, 0) is 0 Å². The van der Waals surface area contributed by atoms with Gasteiger partial charge in [-0.2, -0.15) is 0 Å². The zero-order valence-corrected chi connectivity index (χ0v) is 14.2. The summed E-state index contributed by atoms with van der Waals surface area (Å²) in [6.07, 6.45) is 3.88. The first-order chi connectivity index (χ1) is 10.1. The molecule has 0 heterocycles. The van der Waals surface area contributed by atoms with Crippen molar-refractivity contribution in [2.45, 2.75) is 65.0 Å². The molecule has 0 radical (unpaired) electrons. The minimum atomic E-state index is 0.274. The second kappa shape index (κ2) is 7.31. The summed E-state index contributed by atoms with van der Waals surface area (Å²) in [6.45, 7) is 9.20. The molecule has 0 aromatic heterocycles. The molecule has 0 amide bonds. The summed E-state index contributed by atoms with van der Waals surface area (Å²) in [5.74, 6) is 3.00. The van der Waals surface area contributed by atoms with Gasteiger partial charge in [0, 0.05) is 6.04 Å². The van der Waals surface area contributed by atoms with Crippen molar-refractivity contribution in [2.75, 3.05) is 7.05 Å². The number of para-hydroxylation sites is 1. The van der Waals surface area contributed by atoms with E-state index in [1.807, 2.05) is 0 Å². The van der Waals surface area contributed by atoms with Crippen molar-refractivity contribution >= 4 is 0 Å². The maximum atomic E-state index is 6.51. The highest BCUT2D eigenvalue weighted by Gasteiger charge is 2.35. The van der Waals surface area contributed by atoms with Gasteiger partial charge in [0.25, 0.3) is 0 Å². The minimum absolute atomic E-state index is 0.274. The lowest BCUT2D eigenvalue weighted by Gasteiger charge is -2.40. The Morgan fingerprint density at radius 3 is 2.62 bits per heavy atom. The molecule has 2 heteroatoms. The van der Waals surface area contributed by atoms with E-state index in [1.165, 1.54) is 18.4 Å². The van der Waals surface area contributed by atoms with Crippen molar-refractivity contribution in [1.82, 2.24) is 5.32 Å². The van der Waals surface area contributed by atoms with Gasteiger partial charge in [-0.25, -0.2) is 0 Å². The lowest BCUT2D eigenvalue weighted by atomic mass is 9.78. The molecule has 1 aliphatic carbocycles. The number of ether oxygens (including phenoxy) is 1. The fraction of sp³-hybridized carbons (Fsp3) is 0.684. The van der Waals surface area contributed by atoms with Gasteiger partial charge in [-0.05, 0) is 55.7 Å². The first kappa shape index (κ1) is 16.4. The Labute approximate surface area is 130 Å². The van der Waals surface area contributed by atoms with E-state index in [2.05, 4.69) is 64.3 Å². The molecule has 0 spiro atoms. The van der Waals surface area contributed by atoms with Gasteiger partial charge in [-0.15, -0.1) is 0 Å². The third-order valence-electron chi connectivity index (χ3n) is 5.08. The Morgan fingerprint density at radius 1 is 1.24 bits per heavy atom. The minimum Gasteiger partial charge on any atom is -0.488 e. The molecular formula is C19H31NO. The monoisotopic (exact) mass is 289 g/mol. The van der Waals surface area contributed by atoms with Crippen LogP contribution < -0.4 is 10.1 Å². The maximum absolute atomic E-state index is 6.51. The van der Waals surface area contributed by atoms with Crippen LogP contribution in [0.5, 0.6) is 5.75 Å². The largest absolute Gasteiger partial charge is 0.488 e. The number of likely N-dealkylation sites (N-methyl/N-ethyl adjacent to an activating group) is 1. The van der Waals surface area contributed by atoms with E-state index >= 15 is 0 Å². The molecule has 5 atom stereocenters. The van der Waals surface area contributed by atoms with Crippen LogP contribution in [0, 0.1) is 11.8 Å². The van der Waals surface area contributed by atoms with Crippen LogP contribution in [0.4, 0.5) is 0 Å². The molecular weight excluding hydrogens is 258 g/mol. The molecule has 2 nitrogen and oxygen atoms in total. The molecule has 1 aromatic carbocycles. The van der Waals surface area contributed by atoms with E-state index in [4.69, 9.17) is 4.74 Å². The van der Waals surface area contributed by atoms with Crippen LogP contribution in [0.15, 0.2) is 24.3 Å². The highest BCUT2D eigenvalue weighted by atomic mass is 16.5. The van der Waals surface area contributed by atoms with Gasteiger partial charge >= 0.3 is 0 Å². The summed E-state index contributed by atoms with van der Waals surface area (Å²) < 4.78 is 6.51. The summed E-state index contributed by atoms with van der Waals surface area (Å²) >= 11 is 0. The van der Waals surface area contributed by atoms with E-state index in [0.717, 1.165) is 18.1 Å². The normalized spacial score (nSPS) is 30.9. The van der Waals surface area contributed by atoms with E-state index in [1.54, 1.807) is 0 Å². The molecule has 2 rings (SSSR count). The zero-order valence-electron chi connectivity index (χ0n) is 14.2. The van der Waals surface area contributed by atoms with E-state index in [-0.39, 0.29) is 6.10 Å². The van der Waals surface area contributed by atoms with Gasteiger partial charge in [0.05, 0.1) is 0 Å². The van der Waals surface area contributed by atoms with Crippen LogP contribution in [0.25, 0.3) is 0 Å². The van der Waals surface area contributed by atoms with Crippen LogP contribution in [-0.4, -0.2) is 19.2 Å². The molecule has 118 valence electrons. The van der Waals surface area contributed by atoms with Gasteiger partial charge in [0.2, 0.25) is 0 Å². The van der Waals surface area contributed by atoms with Gasteiger partial charge in [0.1, 0.15) is 11.9 Å². The average molecular weight is 289 g/mol. The zero-order chi connectivity index (χ0) is 15.4. The first-order valence-electron chi connectivity index (χ1n) is 8.49. The smallest absolute Gasteiger partial charge is 0.123 e. The molecule has 1 saturated carbocycles. The lowest BCUT2D eigenvalue weighted by Crippen LogP contribution is -2.49. The first-order valence-corrected chi connectivity index (χ1v) is 8.49. The van der Waals surface area contributed by atoms with Crippen LogP contribution >= 0.6 is 0 Å². The van der Waals surface area contributed by atoms with Crippen LogP contribution in [0.2, 0.25) is 0 Å². The second-order valence-corrected chi connectivity index (χ2v) is 6.88. The summed E-state index contributed by atoms with van der Waals surface area (Å²) in [5.41, 5.74) is 1.35. The molecule has 1 aliphatic rings. The quantitative estimate of drug-likeness (QED) is 0.855. The average Bonchev–Trinajstić information content (AvgIpc) is 2.49. The third-order valence-corrected chi connectivity index (χ3v) is 5.08. The summed E-state index contributed by atoms with van der Waals surface area (Å²) in [6, 6.07) is 9.02. The van der Waals surface area contributed by atoms with Gasteiger partial charge in [-0.3, -0.25) is 0 Å². The van der Waals surface area contributed by atoms with Crippen molar-refractivity contribution in [2.24, 2.45) is 11.8 Å². The molecule has 1 N–H and O–H groups in total. The molecule has 0 saturated heterocycles. The fourth-order valence-electron chi connectivity index (χ4n) is 3.67. The highest BCUT2D eigenvalue weighted by Crippen LogP contribution is 2.35. The van der Waals surface area contributed by atoms with Crippen LogP contribution in [0.1, 0.15) is 58.4 Å². The molecule has 0 aliphatic heterocycles. The Hall–Kier alpha value is -1.02. The molecule has 21 heavy (non-hydrogen) atoms. The van der Waals surface area contributed by atoms with Gasteiger partial charge < -0.3 is 10.1 Å². The standard InChI is InChI=1S/C19H31NO/c1-6-14(3)16-9-7-8-10-18(16)21-19-15(4)11-13(2)12-17(19)20-5/h7-10,13-15,17,19-20H,6,11-12H2,1-5H3. The number of hydrogen-bond acceptors (Lipinski definition) is 2. The topological polar surface area (TPSA) is 21.3 Å². The number of benzene rings is 1. The van der Waals surface area contributed by atoms with Crippen molar-refractivity contribution < 1.29 is 4.74 Å². The van der Waals surface area contributed by atoms with E-state index in [0.29, 0.717) is 17.9 Å². The fourth-order valence-corrected chi connectivity index (χ4v) is 3.67.